The van der Waals surface area contributed by atoms with Gasteiger partial charge in [-0.3, -0.25) is 0 Å². The molecule has 0 bridgehead atoms. The molecule has 0 spiro atoms. The SMILES string of the molecule is Cc1nc2nccc(-c3ccc(OC[C@@](C)(CC(C)C)NC(=O)OC(C)(C)C)c(C(F)(F)F)c3)c2[nH]1. The summed E-state index contributed by atoms with van der Waals surface area (Å²) < 4.78 is 53.3. The molecule has 0 aliphatic rings. The fourth-order valence-corrected chi connectivity index (χ4v) is 4.15. The van der Waals surface area contributed by atoms with Crippen LogP contribution in [0.1, 0.15) is 59.4 Å². The molecule has 7 nitrogen and oxygen atoms in total. The number of H-pyrrole nitrogens is 1. The number of ether oxygens (including phenoxy) is 2. The highest BCUT2D eigenvalue weighted by Gasteiger charge is 2.37. The zero-order chi connectivity index (χ0) is 26.9. The molecule has 3 rings (SSSR count). The smallest absolute Gasteiger partial charge is 0.419 e. The molecule has 1 aromatic carbocycles. The summed E-state index contributed by atoms with van der Waals surface area (Å²) in [7, 11) is 0. The Morgan fingerprint density at radius 1 is 1.14 bits per heavy atom. The van der Waals surface area contributed by atoms with E-state index in [1.165, 1.54) is 12.3 Å². The molecule has 2 aromatic heterocycles. The molecule has 0 saturated carbocycles. The monoisotopic (exact) mass is 506 g/mol. The van der Waals surface area contributed by atoms with E-state index in [0.29, 0.717) is 34.5 Å². The summed E-state index contributed by atoms with van der Waals surface area (Å²) in [5.41, 5.74) is -0.696. The molecule has 10 heteroatoms. The molecule has 0 radical (unpaired) electrons. The average Bonchev–Trinajstić information content (AvgIpc) is 3.09. The van der Waals surface area contributed by atoms with Crippen LogP contribution in [0.3, 0.4) is 0 Å². The lowest BCUT2D eigenvalue weighted by Gasteiger charge is -2.33. The molecule has 0 saturated heterocycles. The molecular weight excluding hydrogens is 473 g/mol. The lowest BCUT2D eigenvalue weighted by Crippen LogP contribution is -2.52. The Hall–Kier alpha value is -3.30. The zero-order valence-corrected chi connectivity index (χ0v) is 21.6. The molecule has 0 fully saturated rings. The minimum atomic E-state index is -4.66. The number of aromatic amines is 1. The number of nitrogens with one attached hydrogen (secondary N) is 2. The van der Waals surface area contributed by atoms with Crippen molar-refractivity contribution in [3.8, 4) is 16.9 Å². The van der Waals surface area contributed by atoms with Crippen LogP contribution in [0.2, 0.25) is 0 Å². The first-order valence-corrected chi connectivity index (χ1v) is 11.7. The van der Waals surface area contributed by atoms with E-state index in [1.54, 1.807) is 46.8 Å². The third kappa shape index (κ3) is 6.89. The first kappa shape index (κ1) is 27.3. The van der Waals surface area contributed by atoms with Crippen molar-refractivity contribution in [1.29, 1.82) is 0 Å². The van der Waals surface area contributed by atoms with Crippen LogP contribution >= 0.6 is 0 Å². The summed E-state index contributed by atoms with van der Waals surface area (Å²) in [6.07, 6.45) is -3.33. The number of carbonyl (C=O) groups is 1. The van der Waals surface area contributed by atoms with Crippen LogP contribution in [-0.2, 0) is 10.9 Å². The summed E-state index contributed by atoms with van der Waals surface area (Å²) in [6, 6.07) is 5.56. The maximum atomic E-state index is 14.1. The Labute approximate surface area is 208 Å². The van der Waals surface area contributed by atoms with Crippen LogP contribution in [0, 0.1) is 12.8 Å². The number of amides is 1. The third-order valence-corrected chi connectivity index (χ3v) is 5.31. The summed E-state index contributed by atoms with van der Waals surface area (Å²) in [4.78, 5) is 23.9. The van der Waals surface area contributed by atoms with Gasteiger partial charge in [-0.05, 0) is 70.7 Å². The first-order valence-electron chi connectivity index (χ1n) is 11.7. The van der Waals surface area contributed by atoms with Crippen LogP contribution in [0.25, 0.3) is 22.3 Å². The van der Waals surface area contributed by atoms with Gasteiger partial charge < -0.3 is 19.8 Å². The number of carbonyl (C=O) groups excluding carboxylic acids is 1. The van der Waals surface area contributed by atoms with Gasteiger partial charge in [0.25, 0.3) is 0 Å². The van der Waals surface area contributed by atoms with E-state index in [0.717, 1.165) is 6.07 Å². The van der Waals surface area contributed by atoms with E-state index in [1.807, 2.05) is 13.8 Å². The Morgan fingerprint density at radius 3 is 2.44 bits per heavy atom. The van der Waals surface area contributed by atoms with Gasteiger partial charge >= 0.3 is 12.3 Å². The highest BCUT2D eigenvalue weighted by molar-refractivity contribution is 5.90. The Bertz CT molecular complexity index is 1230. The number of alkyl carbamates (subject to hydrolysis) is 1. The predicted molar refractivity (Wildman–Crippen MR) is 132 cm³/mol. The van der Waals surface area contributed by atoms with E-state index in [4.69, 9.17) is 9.47 Å². The van der Waals surface area contributed by atoms with Gasteiger partial charge in [-0.2, -0.15) is 13.2 Å². The molecule has 36 heavy (non-hydrogen) atoms. The number of nitrogens with zero attached hydrogens (tertiary/aromatic N) is 2. The molecule has 0 aliphatic carbocycles. The molecule has 0 aliphatic heterocycles. The van der Waals surface area contributed by atoms with Crippen LogP contribution in [-0.4, -0.2) is 38.8 Å². The minimum Gasteiger partial charge on any atom is -0.491 e. The van der Waals surface area contributed by atoms with Crippen molar-refractivity contribution in [3.05, 3.63) is 41.9 Å². The third-order valence-electron chi connectivity index (χ3n) is 5.31. The van der Waals surface area contributed by atoms with E-state index in [-0.39, 0.29) is 18.3 Å². The van der Waals surface area contributed by atoms with Crippen molar-refractivity contribution >= 4 is 17.3 Å². The predicted octanol–water partition coefficient (Wildman–Crippen LogP) is 6.66. The lowest BCUT2D eigenvalue weighted by molar-refractivity contribution is -0.139. The van der Waals surface area contributed by atoms with Gasteiger partial charge in [0, 0.05) is 11.8 Å². The molecule has 196 valence electrons. The second-order valence-electron chi connectivity index (χ2n) is 10.7. The number of hydrogen-bond acceptors (Lipinski definition) is 5. The van der Waals surface area contributed by atoms with Gasteiger partial charge in [0.15, 0.2) is 5.65 Å². The molecule has 0 unspecified atom stereocenters. The van der Waals surface area contributed by atoms with E-state index < -0.39 is 29.0 Å². The number of fused-ring (bicyclic) bond motifs is 1. The molecule has 1 atom stereocenters. The van der Waals surface area contributed by atoms with Gasteiger partial charge in [0.2, 0.25) is 0 Å². The van der Waals surface area contributed by atoms with Crippen molar-refractivity contribution in [1.82, 2.24) is 20.3 Å². The van der Waals surface area contributed by atoms with Crippen molar-refractivity contribution in [3.63, 3.8) is 0 Å². The maximum Gasteiger partial charge on any atom is 0.419 e. The minimum absolute atomic E-state index is 0.143. The van der Waals surface area contributed by atoms with Crippen molar-refractivity contribution in [2.75, 3.05) is 6.61 Å². The van der Waals surface area contributed by atoms with E-state index in [9.17, 15) is 18.0 Å². The number of rotatable bonds is 7. The Morgan fingerprint density at radius 2 is 1.83 bits per heavy atom. The van der Waals surface area contributed by atoms with E-state index >= 15 is 0 Å². The summed E-state index contributed by atoms with van der Waals surface area (Å²) in [5, 5.41) is 2.78. The van der Waals surface area contributed by atoms with E-state index in [2.05, 4.69) is 20.3 Å². The number of hydrogen-bond donors (Lipinski definition) is 2. The summed E-state index contributed by atoms with van der Waals surface area (Å²) in [5.74, 6) is 0.436. The lowest BCUT2D eigenvalue weighted by atomic mass is 9.91. The van der Waals surface area contributed by atoms with Crippen molar-refractivity contribution in [2.24, 2.45) is 5.92 Å². The number of halogens is 3. The number of pyridine rings is 1. The topological polar surface area (TPSA) is 89.1 Å². The van der Waals surface area contributed by atoms with Crippen molar-refractivity contribution in [2.45, 2.75) is 72.2 Å². The van der Waals surface area contributed by atoms with Crippen LogP contribution < -0.4 is 10.1 Å². The highest BCUT2D eigenvalue weighted by Crippen LogP contribution is 2.40. The van der Waals surface area contributed by atoms with Gasteiger partial charge in [0.1, 0.15) is 23.8 Å². The van der Waals surface area contributed by atoms with Crippen LogP contribution in [0.15, 0.2) is 30.5 Å². The summed E-state index contributed by atoms with van der Waals surface area (Å²) in [6.45, 7) is 12.4. The van der Waals surface area contributed by atoms with Crippen molar-refractivity contribution < 1.29 is 27.4 Å². The Balaban J connectivity index is 1.92. The second kappa shape index (κ2) is 9.99. The van der Waals surface area contributed by atoms with Crippen LogP contribution in [0.4, 0.5) is 18.0 Å². The van der Waals surface area contributed by atoms with Gasteiger partial charge in [-0.25, -0.2) is 14.8 Å². The first-order chi connectivity index (χ1) is 16.6. The van der Waals surface area contributed by atoms with Gasteiger partial charge in [-0.15, -0.1) is 0 Å². The fraction of sp³-hybridized carbons (Fsp3) is 0.500. The number of aryl methyl sites for hydroxylation is 1. The largest absolute Gasteiger partial charge is 0.491 e. The number of alkyl halides is 3. The standard InChI is InChI=1S/C26H33F3N4O3/c1-15(2)13-25(7,33-23(34)36-24(4,5)6)14-35-20-9-8-17(12-19(20)26(27,28)29)18-10-11-30-22-21(18)31-16(3)32-22/h8-12,15H,13-14H2,1-7H3,(H,33,34)(H,30,31,32)/t25-/m1/s1. The molecule has 2 heterocycles. The number of benzene rings is 1. The molecule has 2 N–H and O–H groups in total. The fourth-order valence-electron chi connectivity index (χ4n) is 4.15. The number of aromatic nitrogens is 3. The van der Waals surface area contributed by atoms with Crippen LogP contribution in [0.5, 0.6) is 5.75 Å². The summed E-state index contributed by atoms with van der Waals surface area (Å²) >= 11 is 0. The normalized spacial score (nSPS) is 14.1. The highest BCUT2D eigenvalue weighted by atomic mass is 19.4. The quantitative estimate of drug-likeness (QED) is 0.374. The zero-order valence-electron chi connectivity index (χ0n) is 21.6. The second-order valence-corrected chi connectivity index (χ2v) is 10.7. The molecule has 3 aromatic rings. The average molecular weight is 507 g/mol. The Kier molecular flexibility index (Phi) is 7.57. The number of imidazole rings is 1. The molecule has 1 amide bonds. The van der Waals surface area contributed by atoms with Gasteiger partial charge in [-0.1, -0.05) is 19.9 Å². The van der Waals surface area contributed by atoms with Gasteiger partial charge in [0.05, 0.1) is 16.6 Å². The molecular formula is C26H33F3N4O3. The maximum absolute atomic E-state index is 14.1.